The number of pyridine rings is 1. The third kappa shape index (κ3) is 7.74. The Labute approximate surface area is 368 Å². The van der Waals surface area contributed by atoms with Gasteiger partial charge >= 0.3 is 0 Å². The van der Waals surface area contributed by atoms with E-state index in [1.165, 1.54) is 5.56 Å². The number of nitrogens with zero attached hydrogens (tertiary/aromatic N) is 2. The van der Waals surface area contributed by atoms with Gasteiger partial charge in [-0.15, -0.1) is 29.8 Å². The fraction of sp³-hybridized carbons (Fsp3) is 0.241. The van der Waals surface area contributed by atoms with Crippen molar-refractivity contribution in [2.75, 3.05) is 4.90 Å². The van der Waals surface area contributed by atoms with E-state index in [9.17, 15) is 0 Å². The number of rotatable bonds is 6. The predicted molar refractivity (Wildman–Crippen MR) is 235 cm³/mol. The number of anilines is 3. The van der Waals surface area contributed by atoms with E-state index < -0.39 is 17.0 Å². The van der Waals surface area contributed by atoms with Crippen molar-refractivity contribution in [2.24, 2.45) is 0 Å². The van der Waals surface area contributed by atoms with Gasteiger partial charge in [0.05, 0.1) is 34.1 Å². The van der Waals surface area contributed by atoms with Gasteiger partial charge in [-0.25, -0.2) is 5.56 Å². The minimum absolute atomic E-state index is 0. The summed E-state index contributed by atoms with van der Waals surface area (Å²) in [5.41, 5.74) is 9.35. The molecule has 308 valence electrons. The van der Waals surface area contributed by atoms with Gasteiger partial charge in [0.1, 0.15) is 0 Å². The van der Waals surface area contributed by atoms with E-state index in [0.29, 0.717) is 5.56 Å². The van der Waals surface area contributed by atoms with Crippen LogP contribution in [0.5, 0.6) is 11.5 Å². The van der Waals surface area contributed by atoms with Gasteiger partial charge in [0.2, 0.25) is 0 Å². The Balaban J connectivity index is 0.00000544. The van der Waals surface area contributed by atoms with Crippen molar-refractivity contribution in [1.82, 2.24) is 4.98 Å². The van der Waals surface area contributed by atoms with Crippen molar-refractivity contribution >= 4 is 17.1 Å². The van der Waals surface area contributed by atoms with E-state index in [2.05, 4.69) is 152 Å². The first-order chi connectivity index (χ1) is 28.0. The molecule has 0 aliphatic carbocycles. The SMILES string of the molecule is CC(C)(C)c1ccc(N2c3ccc(C(C)(C)C)cc3C(c3[c-]c(Oc4[c-]c(-c5[c-]cccc5)c(F)cc4F)ccc3)(c3ccccn3)c3cc(C(C)(C)C)ccc32)cc1.[Pt]. The summed E-state index contributed by atoms with van der Waals surface area (Å²) in [6, 6.07) is 51.4. The monoisotopic (exact) mass is 974 g/mol. The number of aromatic nitrogens is 1. The molecule has 3 nitrogen and oxygen atoms in total. The van der Waals surface area contributed by atoms with Crippen LogP contribution in [0, 0.1) is 29.8 Å². The van der Waals surface area contributed by atoms with Crippen LogP contribution < -0.4 is 9.64 Å². The molecule has 2 heterocycles. The zero-order valence-corrected chi connectivity index (χ0v) is 37.8. The second-order valence-corrected chi connectivity index (χ2v) is 18.5. The van der Waals surface area contributed by atoms with Crippen LogP contribution in [0.4, 0.5) is 25.8 Å². The molecule has 1 aromatic heterocycles. The quantitative estimate of drug-likeness (QED) is 0.155. The maximum absolute atomic E-state index is 15.6. The third-order valence-electron chi connectivity index (χ3n) is 11.4. The molecule has 0 N–H and O–H groups in total. The molecule has 1 aliphatic heterocycles. The van der Waals surface area contributed by atoms with Crippen molar-refractivity contribution in [3.8, 4) is 22.6 Å². The van der Waals surface area contributed by atoms with E-state index >= 15 is 8.78 Å². The first kappa shape index (κ1) is 42.7. The van der Waals surface area contributed by atoms with Crippen LogP contribution in [-0.2, 0) is 42.7 Å². The second kappa shape index (κ2) is 15.9. The van der Waals surface area contributed by atoms with E-state index in [0.717, 1.165) is 56.6 Å². The average Bonchev–Trinajstić information content (AvgIpc) is 3.20. The minimum Gasteiger partial charge on any atom is -0.501 e. The number of hydrogen-bond acceptors (Lipinski definition) is 3. The molecule has 8 rings (SSSR count). The summed E-state index contributed by atoms with van der Waals surface area (Å²) in [6.45, 7) is 20.1. The van der Waals surface area contributed by atoms with Gasteiger partial charge in [0, 0.05) is 38.7 Å². The Morgan fingerprint density at radius 2 is 1.20 bits per heavy atom. The van der Waals surface area contributed by atoms with Gasteiger partial charge < -0.3 is 9.64 Å². The molecule has 6 aromatic carbocycles. The maximum atomic E-state index is 15.6. The van der Waals surface area contributed by atoms with Crippen molar-refractivity contribution in [3.63, 3.8) is 0 Å². The van der Waals surface area contributed by atoms with E-state index in [1.54, 1.807) is 30.3 Å². The normalized spacial score (nSPS) is 13.6. The summed E-state index contributed by atoms with van der Waals surface area (Å²) in [5.74, 6) is -1.60. The smallest absolute Gasteiger partial charge is 0.0807 e. The van der Waals surface area contributed by atoms with Crippen LogP contribution in [0.15, 0.2) is 134 Å². The topological polar surface area (TPSA) is 25.4 Å². The fourth-order valence-electron chi connectivity index (χ4n) is 8.09. The molecule has 7 aromatic rings. The van der Waals surface area contributed by atoms with E-state index in [1.807, 2.05) is 30.5 Å². The first-order valence-corrected chi connectivity index (χ1v) is 20.2. The summed E-state index contributed by atoms with van der Waals surface area (Å²) in [6.07, 6.45) is 1.83. The molecule has 0 fully saturated rings. The summed E-state index contributed by atoms with van der Waals surface area (Å²) < 4.78 is 37.1. The summed E-state index contributed by atoms with van der Waals surface area (Å²) >= 11 is 0. The Morgan fingerprint density at radius 3 is 1.75 bits per heavy atom. The zero-order chi connectivity index (χ0) is 41.9. The molecule has 0 atom stereocenters. The molecule has 0 bridgehead atoms. The molecule has 0 amide bonds. The number of hydrogen-bond donors (Lipinski definition) is 0. The summed E-state index contributed by atoms with van der Waals surface area (Å²) in [4.78, 5) is 7.52. The van der Waals surface area contributed by atoms with E-state index in [-0.39, 0.29) is 54.4 Å². The van der Waals surface area contributed by atoms with Crippen LogP contribution in [0.3, 0.4) is 0 Å². The Hall–Kier alpha value is -5.38. The minimum atomic E-state index is -1.02. The predicted octanol–water partition coefficient (Wildman–Crippen LogP) is 14.3. The van der Waals surface area contributed by atoms with Gasteiger partial charge in [0.25, 0.3) is 0 Å². The molecule has 60 heavy (non-hydrogen) atoms. The van der Waals surface area contributed by atoms with Gasteiger partial charge in [-0.05, 0) is 86.3 Å². The van der Waals surface area contributed by atoms with Crippen LogP contribution in [0.1, 0.15) is 101 Å². The largest absolute Gasteiger partial charge is 0.501 e. The van der Waals surface area contributed by atoms with Crippen LogP contribution in [-0.4, -0.2) is 4.98 Å². The van der Waals surface area contributed by atoms with Gasteiger partial charge in [-0.3, -0.25) is 13.8 Å². The van der Waals surface area contributed by atoms with Crippen molar-refractivity contribution < 1.29 is 34.6 Å². The number of fused-ring (bicyclic) bond motifs is 2. The molecule has 0 spiro atoms. The van der Waals surface area contributed by atoms with Crippen LogP contribution in [0.25, 0.3) is 11.1 Å². The zero-order valence-electron chi connectivity index (χ0n) is 35.6. The summed E-state index contributed by atoms with van der Waals surface area (Å²) in [5, 5.41) is 0. The molecule has 0 saturated heterocycles. The van der Waals surface area contributed by atoms with E-state index in [4.69, 9.17) is 9.72 Å². The molecule has 0 unspecified atom stereocenters. The molecule has 0 radical (unpaired) electrons. The number of halogens is 2. The van der Waals surface area contributed by atoms with Gasteiger partial charge in [-0.2, -0.15) is 42.0 Å². The Bertz CT molecular complexity index is 2590. The van der Waals surface area contributed by atoms with Crippen molar-refractivity contribution in [2.45, 2.75) is 84.0 Å². The second-order valence-electron chi connectivity index (χ2n) is 18.5. The molecular formula is C54H49F2N2OPt-3. The van der Waals surface area contributed by atoms with Crippen LogP contribution >= 0.6 is 0 Å². The Morgan fingerprint density at radius 1 is 0.600 bits per heavy atom. The molecule has 6 heteroatoms. The maximum Gasteiger partial charge on any atom is 0.0807 e. The Kier molecular flexibility index (Phi) is 11.3. The van der Waals surface area contributed by atoms with Crippen molar-refractivity contribution in [1.29, 1.82) is 0 Å². The molecular weight excluding hydrogens is 926 g/mol. The third-order valence-corrected chi connectivity index (χ3v) is 11.4. The first-order valence-electron chi connectivity index (χ1n) is 20.2. The van der Waals surface area contributed by atoms with Gasteiger partial charge in [-0.1, -0.05) is 111 Å². The molecule has 0 saturated carbocycles. The fourth-order valence-corrected chi connectivity index (χ4v) is 8.09. The van der Waals surface area contributed by atoms with Gasteiger partial charge in [0.15, 0.2) is 0 Å². The van der Waals surface area contributed by atoms with Crippen LogP contribution in [0.2, 0.25) is 0 Å². The molecule has 1 aliphatic rings. The standard InChI is InChI=1S/C54H49F2N2O.Pt/c1-51(2,3)36-21-25-40(26-22-36)58-47-27-23-37(52(4,5)6)31-43(47)54(50-20-13-14-29-57-50,44-32-38(53(7,8)9)24-28-48(44)58)39-18-15-19-41(30-39)59-49-33-42(45(55)34-46(49)56)35-16-11-10-12-17-35;/h10-16,18-29,31-32,34H,1-9H3;/q-3;. The average molecular weight is 975 g/mol. The van der Waals surface area contributed by atoms with Crippen molar-refractivity contribution in [3.05, 3.63) is 202 Å². The summed E-state index contributed by atoms with van der Waals surface area (Å²) in [7, 11) is 0. The number of benzene rings is 6. The number of ether oxygens (including phenoxy) is 1.